The van der Waals surface area contributed by atoms with Gasteiger partial charge in [0, 0.05) is 12.8 Å². The molecule has 2 atom stereocenters. The Bertz CT molecular complexity index is 1060. The van der Waals surface area contributed by atoms with Crippen LogP contribution in [0.2, 0.25) is 0 Å². The van der Waals surface area contributed by atoms with E-state index in [2.05, 4.69) is 31.3 Å². The van der Waals surface area contributed by atoms with Gasteiger partial charge in [-0.15, -0.1) is 0 Å². The van der Waals surface area contributed by atoms with Crippen molar-refractivity contribution in [3.8, 4) is 0 Å². The first-order chi connectivity index (χ1) is 33.5. The van der Waals surface area contributed by atoms with Gasteiger partial charge in [-0.05, 0) is 64.2 Å². The molecular weight excluding hydrogens is 839 g/mol. The maximum atomic E-state index is 12.5. The van der Waals surface area contributed by atoms with Gasteiger partial charge in [0.1, 0.15) is 0 Å². The standard InChI is InChI=1S/C62H119NO5/c1-3-5-7-9-11-13-15-17-19-20-21-22-23-24-25-26-27-29-30-34-38-42-46-50-54-60(65)59(58-64)63-61(66)55-51-47-43-39-35-32-33-37-41-45-49-53-57-68-62(67)56-52-48-44-40-36-31-28-18-16-14-12-10-8-6-4-2/h33,37,50,54,59-60,64-65H,3-32,34-36,38-49,51-53,55-58H2,1-2H3,(H,63,66)/b37-33-,54-50+. The zero-order valence-corrected chi connectivity index (χ0v) is 45.9. The Kier molecular flexibility index (Phi) is 56.5. The van der Waals surface area contributed by atoms with Crippen LogP contribution in [0.15, 0.2) is 24.3 Å². The number of allylic oxidation sites excluding steroid dienone is 3. The summed E-state index contributed by atoms with van der Waals surface area (Å²) in [5.74, 6) is -0.111. The predicted molar refractivity (Wildman–Crippen MR) is 296 cm³/mol. The summed E-state index contributed by atoms with van der Waals surface area (Å²) in [6.07, 6.45) is 70.7. The van der Waals surface area contributed by atoms with Crippen molar-refractivity contribution in [2.45, 2.75) is 347 Å². The molecule has 0 aromatic carbocycles. The molecule has 6 heteroatoms. The molecule has 68 heavy (non-hydrogen) atoms. The fourth-order valence-corrected chi connectivity index (χ4v) is 9.51. The van der Waals surface area contributed by atoms with Gasteiger partial charge in [0.25, 0.3) is 0 Å². The van der Waals surface area contributed by atoms with E-state index in [0.717, 1.165) is 77.0 Å². The molecule has 0 saturated carbocycles. The molecule has 1 amide bonds. The van der Waals surface area contributed by atoms with Crippen LogP contribution in [0.1, 0.15) is 335 Å². The predicted octanol–water partition coefficient (Wildman–Crippen LogP) is 19.0. The first-order valence-corrected chi connectivity index (χ1v) is 30.6. The number of hydrogen-bond acceptors (Lipinski definition) is 5. The van der Waals surface area contributed by atoms with Crippen molar-refractivity contribution >= 4 is 11.9 Å². The summed E-state index contributed by atoms with van der Waals surface area (Å²) in [5, 5.41) is 23.2. The molecule has 402 valence electrons. The van der Waals surface area contributed by atoms with Gasteiger partial charge in [0.05, 0.1) is 25.4 Å². The van der Waals surface area contributed by atoms with Gasteiger partial charge in [-0.2, -0.15) is 0 Å². The van der Waals surface area contributed by atoms with E-state index in [-0.39, 0.29) is 18.5 Å². The Labute approximate surface area is 424 Å². The van der Waals surface area contributed by atoms with Crippen LogP contribution in [-0.2, 0) is 14.3 Å². The smallest absolute Gasteiger partial charge is 0.305 e. The molecule has 6 nitrogen and oxygen atoms in total. The van der Waals surface area contributed by atoms with E-state index >= 15 is 0 Å². The van der Waals surface area contributed by atoms with Crippen molar-refractivity contribution in [3.05, 3.63) is 24.3 Å². The van der Waals surface area contributed by atoms with Crippen LogP contribution in [0, 0.1) is 0 Å². The van der Waals surface area contributed by atoms with Crippen LogP contribution in [0.4, 0.5) is 0 Å². The summed E-state index contributed by atoms with van der Waals surface area (Å²) in [6.45, 7) is 4.87. The lowest BCUT2D eigenvalue weighted by atomic mass is 10.0. The third kappa shape index (κ3) is 53.7. The minimum atomic E-state index is -0.861. The first-order valence-electron chi connectivity index (χ1n) is 30.6. The second kappa shape index (κ2) is 57.9. The molecule has 0 spiro atoms. The van der Waals surface area contributed by atoms with Crippen molar-refractivity contribution in [3.63, 3.8) is 0 Å². The zero-order valence-electron chi connectivity index (χ0n) is 45.9. The molecule has 0 aromatic rings. The largest absolute Gasteiger partial charge is 0.466 e. The molecule has 2 unspecified atom stereocenters. The second-order valence-electron chi connectivity index (χ2n) is 21.0. The van der Waals surface area contributed by atoms with Gasteiger partial charge in [0.2, 0.25) is 5.91 Å². The van der Waals surface area contributed by atoms with Gasteiger partial charge in [-0.3, -0.25) is 9.59 Å². The highest BCUT2D eigenvalue weighted by atomic mass is 16.5. The number of ether oxygens (including phenoxy) is 1. The topological polar surface area (TPSA) is 95.9 Å². The number of aliphatic hydroxyl groups excluding tert-OH is 2. The van der Waals surface area contributed by atoms with E-state index in [1.54, 1.807) is 6.08 Å². The number of carbonyl (C=O) groups is 2. The number of nitrogens with one attached hydrogen (secondary N) is 1. The Morgan fingerprint density at radius 3 is 1.04 bits per heavy atom. The molecule has 0 aliphatic carbocycles. The fourth-order valence-electron chi connectivity index (χ4n) is 9.51. The van der Waals surface area contributed by atoms with Gasteiger partial charge in [-0.25, -0.2) is 0 Å². The van der Waals surface area contributed by atoms with E-state index in [4.69, 9.17) is 4.74 Å². The quantitative estimate of drug-likeness (QED) is 0.0321. The highest BCUT2D eigenvalue weighted by Gasteiger charge is 2.18. The number of esters is 1. The molecule has 0 fully saturated rings. The lowest BCUT2D eigenvalue weighted by Gasteiger charge is -2.20. The Morgan fingerprint density at radius 1 is 0.397 bits per heavy atom. The highest BCUT2D eigenvalue weighted by Crippen LogP contribution is 2.17. The Morgan fingerprint density at radius 2 is 0.691 bits per heavy atom. The fraction of sp³-hybridized carbons (Fsp3) is 0.903. The molecule has 0 aromatic heterocycles. The van der Waals surface area contributed by atoms with E-state index in [0.29, 0.717) is 19.4 Å². The SMILES string of the molecule is CCCCCCCCCCCCCCCCCCCCCCCC/C=C/C(O)C(CO)NC(=O)CCCCCCC/C=C\CCCCCOC(=O)CCCCCCCCCCCCCCCCC. The van der Waals surface area contributed by atoms with Crippen LogP contribution in [0.3, 0.4) is 0 Å². The van der Waals surface area contributed by atoms with E-state index in [9.17, 15) is 19.8 Å². The molecular formula is C62H119NO5. The summed E-state index contributed by atoms with van der Waals surface area (Å²) >= 11 is 0. The van der Waals surface area contributed by atoms with Crippen LogP contribution in [0.5, 0.6) is 0 Å². The minimum Gasteiger partial charge on any atom is -0.466 e. The first kappa shape index (κ1) is 66.3. The third-order valence-corrected chi connectivity index (χ3v) is 14.2. The Balaban J connectivity index is 3.51. The number of carbonyl (C=O) groups excluding carboxylic acids is 2. The van der Waals surface area contributed by atoms with E-state index in [1.807, 2.05) is 6.08 Å². The normalized spacial score (nSPS) is 12.7. The second-order valence-corrected chi connectivity index (χ2v) is 21.0. The maximum Gasteiger partial charge on any atom is 0.305 e. The molecule has 0 aliphatic rings. The van der Waals surface area contributed by atoms with Crippen molar-refractivity contribution in [2.75, 3.05) is 13.2 Å². The summed E-state index contributed by atoms with van der Waals surface area (Å²) in [6, 6.07) is -0.647. The molecule has 0 aliphatic heterocycles. The zero-order chi connectivity index (χ0) is 49.3. The van der Waals surface area contributed by atoms with Crippen molar-refractivity contribution in [2.24, 2.45) is 0 Å². The van der Waals surface area contributed by atoms with Crippen LogP contribution in [-0.4, -0.2) is 47.4 Å². The van der Waals surface area contributed by atoms with Crippen LogP contribution in [0.25, 0.3) is 0 Å². The lowest BCUT2D eigenvalue weighted by Crippen LogP contribution is -2.45. The third-order valence-electron chi connectivity index (χ3n) is 14.2. The van der Waals surface area contributed by atoms with E-state index < -0.39 is 12.1 Å². The molecule has 0 heterocycles. The number of unbranched alkanes of at least 4 members (excludes halogenated alkanes) is 44. The number of hydrogen-bond donors (Lipinski definition) is 3. The van der Waals surface area contributed by atoms with Crippen LogP contribution >= 0.6 is 0 Å². The number of aliphatic hydroxyl groups is 2. The van der Waals surface area contributed by atoms with Crippen molar-refractivity contribution in [1.29, 1.82) is 0 Å². The van der Waals surface area contributed by atoms with Gasteiger partial charge >= 0.3 is 5.97 Å². The summed E-state index contributed by atoms with van der Waals surface area (Å²) in [5.41, 5.74) is 0. The van der Waals surface area contributed by atoms with Gasteiger partial charge in [0.15, 0.2) is 0 Å². The van der Waals surface area contributed by atoms with Crippen molar-refractivity contribution in [1.82, 2.24) is 5.32 Å². The highest BCUT2D eigenvalue weighted by molar-refractivity contribution is 5.76. The summed E-state index contributed by atoms with van der Waals surface area (Å²) in [4.78, 5) is 24.5. The van der Waals surface area contributed by atoms with Crippen LogP contribution < -0.4 is 5.32 Å². The average molecular weight is 959 g/mol. The minimum absolute atomic E-state index is 0.0207. The van der Waals surface area contributed by atoms with Gasteiger partial charge in [-0.1, -0.05) is 282 Å². The maximum absolute atomic E-state index is 12.5. The molecule has 0 rings (SSSR count). The lowest BCUT2D eigenvalue weighted by molar-refractivity contribution is -0.143. The average Bonchev–Trinajstić information content (AvgIpc) is 3.34. The number of rotatable bonds is 57. The Hall–Kier alpha value is -1.66. The van der Waals surface area contributed by atoms with E-state index in [1.165, 1.54) is 231 Å². The molecule has 0 bridgehead atoms. The molecule has 0 saturated heterocycles. The van der Waals surface area contributed by atoms with Gasteiger partial charge < -0.3 is 20.3 Å². The number of amides is 1. The monoisotopic (exact) mass is 958 g/mol. The molecule has 3 N–H and O–H groups in total. The summed E-state index contributed by atoms with van der Waals surface area (Å²) < 4.78 is 5.46. The molecule has 0 radical (unpaired) electrons. The van der Waals surface area contributed by atoms with Crippen molar-refractivity contribution < 1.29 is 24.5 Å². The summed E-state index contributed by atoms with van der Waals surface area (Å²) in [7, 11) is 0.